The van der Waals surface area contributed by atoms with Crippen LogP contribution < -0.4 is 9.84 Å². The minimum Gasteiger partial charge on any atom is -0.550 e. The van der Waals surface area contributed by atoms with Crippen LogP contribution in [0.3, 0.4) is 0 Å². The number of hydrogen-bond donors (Lipinski definition) is 0. The number of carbonyl (C=O) groups is 2. The van der Waals surface area contributed by atoms with Crippen LogP contribution in [-0.4, -0.2) is 28.9 Å². The van der Waals surface area contributed by atoms with Crippen LogP contribution in [0.25, 0.3) is 0 Å². The second-order valence-corrected chi connectivity index (χ2v) is 5.33. The highest BCUT2D eigenvalue weighted by molar-refractivity contribution is 5.80. The third-order valence-electron chi connectivity index (χ3n) is 3.55. The number of nitrogens with zero attached hydrogens (tertiary/aromatic N) is 2. The molecular weight excluding hydrogens is 308 g/mol. The zero-order valence-electron chi connectivity index (χ0n) is 13.5. The molecule has 0 aliphatic rings. The number of methoxy groups -OCH3 is 1. The molecule has 0 bridgehead atoms. The summed E-state index contributed by atoms with van der Waals surface area (Å²) < 4.78 is 5.12. The topological polar surface area (TPSA) is 82.6 Å². The highest BCUT2D eigenvalue weighted by Crippen LogP contribution is 2.15. The van der Waals surface area contributed by atoms with Crippen molar-refractivity contribution >= 4 is 11.9 Å². The van der Waals surface area contributed by atoms with Gasteiger partial charge in [-0.15, -0.1) is 0 Å². The number of aromatic nitrogens is 1. The lowest BCUT2D eigenvalue weighted by Gasteiger charge is -2.23. The predicted octanol–water partition coefficient (Wildman–Crippen LogP) is 1.15. The zero-order valence-corrected chi connectivity index (χ0v) is 13.5. The molecule has 126 valence electrons. The number of pyridine rings is 1. The summed E-state index contributed by atoms with van der Waals surface area (Å²) in [5, 5.41) is 10.6. The molecule has 0 unspecified atom stereocenters. The van der Waals surface area contributed by atoms with Crippen molar-refractivity contribution in [1.82, 2.24) is 9.88 Å². The number of carboxylic acid groups (broad SMARTS) is 1. The van der Waals surface area contributed by atoms with E-state index in [2.05, 4.69) is 4.98 Å². The van der Waals surface area contributed by atoms with Crippen LogP contribution in [0, 0.1) is 0 Å². The molecule has 0 fully saturated rings. The van der Waals surface area contributed by atoms with Crippen LogP contribution in [0.5, 0.6) is 5.75 Å². The Kier molecular flexibility index (Phi) is 6.31. The molecule has 1 heterocycles. The minimum atomic E-state index is -1.23. The van der Waals surface area contributed by atoms with Crippen molar-refractivity contribution in [3.05, 3.63) is 59.9 Å². The summed E-state index contributed by atoms with van der Waals surface area (Å²) in [6.07, 6.45) is 2.96. The molecule has 0 radical (unpaired) electrons. The molecule has 0 aliphatic carbocycles. The molecule has 1 aromatic heterocycles. The molecule has 6 nitrogen and oxygen atoms in total. The van der Waals surface area contributed by atoms with E-state index in [0.29, 0.717) is 13.1 Å². The fraction of sp³-hybridized carbons (Fsp3) is 0.278. The molecule has 0 atom stereocenters. The molecule has 2 aromatic rings. The van der Waals surface area contributed by atoms with E-state index in [1.807, 2.05) is 36.4 Å². The lowest BCUT2D eigenvalue weighted by Crippen LogP contribution is -2.32. The average molecular weight is 327 g/mol. The zero-order chi connectivity index (χ0) is 17.4. The van der Waals surface area contributed by atoms with Gasteiger partial charge in [0.25, 0.3) is 0 Å². The third-order valence-corrected chi connectivity index (χ3v) is 3.55. The van der Waals surface area contributed by atoms with Crippen LogP contribution >= 0.6 is 0 Å². The van der Waals surface area contributed by atoms with Crippen LogP contribution in [0.4, 0.5) is 0 Å². The monoisotopic (exact) mass is 327 g/mol. The fourth-order valence-corrected chi connectivity index (χ4v) is 2.26. The van der Waals surface area contributed by atoms with Crippen molar-refractivity contribution in [1.29, 1.82) is 0 Å². The van der Waals surface area contributed by atoms with E-state index in [-0.39, 0.29) is 18.7 Å². The summed E-state index contributed by atoms with van der Waals surface area (Å²) >= 11 is 0. The first-order chi connectivity index (χ1) is 11.6. The summed E-state index contributed by atoms with van der Waals surface area (Å²) in [6, 6.07) is 11.1. The van der Waals surface area contributed by atoms with E-state index in [4.69, 9.17) is 4.74 Å². The van der Waals surface area contributed by atoms with E-state index in [0.717, 1.165) is 16.9 Å². The maximum Gasteiger partial charge on any atom is 0.223 e. The number of amides is 1. The van der Waals surface area contributed by atoms with Crippen molar-refractivity contribution in [3.8, 4) is 5.75 Å². The highest BCUT2D eigenvalue weighted by Gasteiger charge is 2.14. The minimum absolute atomic E-state index is 0.0798. The third kappa shape index (κ3) is 5.39. The number of carboxylic acids is 1. The van der Waals surface area contributed by atoms with Crippen molar-refractivity contribution in [2.45, 2.75) is 25.9 Å². The van der Waals surface area contributed by atoms with Gasteiger partial charge in [0, 0.05) is 37.9 Å². The van der Waals surface area contributed by atoms with Gasteiger partial charge >= 0.3 is 0 Å². The van der Waals surface area contributed by atoms with Gasteiger partial charge in [0.05, 0.1) is 7.11 Å². The molecule has 1 aromatic carbocycles. The number of aliphatic carboxylic acids is 1. The Balaban J connectivity index is 2.11. The van der Waals surface area contributed by atoms with Crippen LogP contribution in [-0.2, 0) is 22.7 Å². The van der Waals surface area contributed by atoms with Crippen molar-refractivity contribution < 1.29 is 19.4 Å². The van der Waals surface area contributed by atoms with E-state index in [9.17, 15) is 14.7 Å². The molecule has 24 heavy (non-hydrogen) atoms. The SMILES string of the molecule is COc1ccc(CN(Cc2ccncc2)C(=O)CCC(=O)[O-])cc1. The van der Waals surface area contributed by atoms with Gasteiger partial charge in [-0.2, -0.15) is 0 Å². The first-order valence-corrected chi connectivity index (χ1v) is 7.58. The molecule has 2 rings (SSSR count). The molecular formula is C18H19N2O4-. The largest absolute Gasteiger partial charge is 0.550 e. The molecule has 0 aliphatic heterocycles. The van der Waals surface area contributed by atoms with Crippen molar-refractivity contribution in [2.75, 3.05) is 7.11 Å². The van der Waals surface area contributed by atoms with E-state index in [1.165, 1.54) is 0 Å². The molecule has 6 heteroatoms. The molecule has 0 spiro atoms. The predicted molar refractivity (Wildman–Crippen MR) is 85.7 cm³/mol. The lowest BCUT2D eigenvalue weighted by molar-refractivity contribution is -0.305. The molecule has 0 N–H and O–H groups in total. The van der Waals surface area contributed by atoms with Gasteiger partial charge in [-0.1, -0.05) is 12.1 Å². The Bertz CT molecular complexity index is 671. The van der Waals surface area contributed by atoms with Crippen LogP contribution in [0.15, 0.2) is 48.8 Å². The quantitative estimate of drug-likeness (QED) is 0.726. The fourth-order valence-electron chi connectivity index (χ4n) is 2.26. The van der Waals surface area contributed by atoms with E-state index >= 15 is 0 Å². The number of hydrogen-bond acceptors (Lipinski definition) is 5. The Hall–Kier alpha value is -2.89. The van der Waals surface area contributed by atoms with Gasteiger partial charge in [-0.25, -0.2) is 0 Å². The smallest absolute Gasteiger partial charge is 0.223 e. The second-order valence-electron chi connectivity index (χ2n) is 5.33. The van der Waals surface area contributed by atoms with Crippen molar-refractivity contribution in [2.24, 2.45) is 0 Å². The van der Waals surface area contributed by atoms with Gasteiger partial charge < -0.3 is 19.5 Å². The molecule has 0 saturated carbocycles. The first kappa shape index (κ1) is 17.5. The maximum atomic E-state index is 12.4. The second kappa shape index (κ2) is 8.67. The van der Waals surface area contributed by atoms with Crippen LogP contribution in [0.1, 0.15) is 24.0 Å². The van der Waals surface area contributed by atoms with E-state index in [1.54, 1.807) is 24.4 Å². The summed E-state index contributed by atoms with van der Waals surface area (Å²) in [7, 11) is 1.59. The summed E-state index contributed by atoms with van der Waals surface area (Å²) in [5.74, 6) is -0.716. The Labute approximate surface area is 140 Å². The molecule has 1 amide bonds. The lowest BCUT2D eigenvalue weighted by atomic mass is 10.1. The van der Waals surface area contributed by atoms with Gasteiger partial charge in [0.2, 0.25) is 5.91 Å². The standard InChI is InChI=1S/C18H20N2O4/c1-24-16-4-2-14(3-5-16)12-20(17(21)6-7-18(22)23)13-15-8-10-19-11-9-15/h2-5,8-11H,6-7,12-13H2,1H3,(H,22,23)/p-1. The van der Waals surface area contributed by atoms with Gasteiger partial charge in [-0.05, 0) is 41.8 Å². The summed E-state index contributed by atoms with van der Waals surface area (Å²) in [5.41, 5.74) is 1.87. The van der Waals surface area contributed by atoms with Gasteiger partial charge in [-0.3, -0.25) is 9.78 Å². The Morgan fingerprint density at radius 1 is 1.00 bits per heavy atom. The maximum absolute atomic E-state index is 12.4. The molecule has 0 saturated heterocycles. The number of ether oxygens (including phenoxy) is 1. The summed E-state index contributed by atoms with van der Waals surface area (Å²) in [6.45, 7) is 0.776. The first-order valence-electron chi connectivity index (χ1n) is 7.58. The number of benzene rings is 1. The van der Waals surface area contributed by atoms with Gasteiger partial charge in [0.15, 0.2) is 0 Å². The van der Waals surface area contributed by atoms with Crippen molar-refractivity contribution in [3.63, 3.8) is 0 Å². The number of rotatable bonds is 8. The Morgan fingerprint density at radius 3 is 2.12 bits per heavy atom. The number of carbonyl (C=O) groups excluding carboxylic acids is 2. The highest BCUT2D eigenvalue weighted by atomic mass is 16.5. The van der Waals surface area contributed by atoms with E-state index < -0.39 is 5.97 Å². The normalized spacial score (nSPS) is 10.2. The summed E-state index contributed by atoms with van der Waals surface area (Å²) in [4.78, 5) is 28.6. The average Bonchev–Trinajstić information content (AvgIpc) is 2.60. The van der Waals surface area contributed by atoms with Crippen LogP contribution in [0.2, 0.25) is 0 Å². The van der Waals surface area contributed by atoms with Gasteiger partial charge in [0.1, 0.15) is 5.75 Å². The Morgan fingerprint density at radius 2 is 1.58 bits per heavy atom.